The summed E-state index contributed by atoms with van der Waals surface area (Å²) in [7, 11) is 0. The van der Waals surface area contributed by atoms with E-state index >= 15 is 0 Å². The molecule has 2 unspecified atom stereocenters. The SMILES string of the molecule is CC(C)NC(=O)[C@@H]1C[C@H](N)CN1C(=O)C1CNNC1c1ccccc1F. The molecule has 2 saturated heterocycles. The highest BCUT2D eigenvalue weighted by molar-refractivity contribution is 5.90. The Morgan fingerprint density at radius 3 is 2.77 bits per heavy atom. The number of hydrogen-bond donors (Lipinski definition) is 4. The highest BCUT2D eigenvalue weighted by Crippen LogP contribution is 2.30. The van der Waals surface area contributed by atoms with E-state index in [2.05, 4.69) is 16.2 Å². The average Bonchev–Trinajstić information content (AvgIpc) is 3.20. The van der Waals surface area contributed by atoms with Crippen molar-refractivity contribution in [2.24, 2.45) is 11.7 Å². The molecule has 0 bridgehead atoms. The third-order valence-electron chi connectivity index (χ3n) is 4.89. The molecule has 2 aliphatic rings. The number of carbonyl (C=O) groups is 2. The summed E-state index contributed by atoms with van der Waals surface area (Å²) in [4.78, 5) is 27.2. The number of carbonyl (C=O) groups excluding carboxylic acids is 2. The molecule has 1 aromatic carbocycles. The number of nitrogens with two attached hydrogens (primary N) is 1. The first-order chi connectivity index (χ1) is 12.4. The van der Waals surface area contributed by atoms with Crippen LogP contribution in [0.5, 0.6) is 0 Å². The van der Waals surface area contributed by atoms with Crippen molar-refractivity contribution in [2.75, 3.05) is 13.1 Å². The summed E-state index contributed by atoms with van der Waals surface area (Å²) in [5.74, 6) is -1.25. The zero-order valence-corrected chi connectivity index (χ0v) is 15.0. The highest BCUT2D eigenvalue weighted by Gasteiger charge is 2.44. The second-order valence-electron chi connectivity index (χ2n) is 7.30. The lowest BCUT2D eigenvalue weighted by molar-refractivity contribution is -0.141. The van der Waals surface area contributed by atoms with Gasteiger partial charge in [0.15, 0.2) is 0 Å². The van der Waals surface area contributed by atoms with Crippen LogP contribution in [0, 0.1) is 11.7 Å². The fourth-order valence-corrected chi connectivity index (χ4v) is 3.70. The summed E-state index contributed by atoms with van der Waals surface area (Å²) in [5, 5.41) is 2.85. The van der Waals surface area contributed by atoms with Gasteiger partial charge in [0.1, 0.15) is 11.9 Å². The number of amides is 2. The quantitative estimate of drug-likeness (QED) is 0.606. The van der Waals surface area contributed by atoms with E-state index in [4.69, 9.17) is 5.73 Å². The zero-order valence-electron chi connectivity index (χ0n) is 15.0. The standard InChI is InChI=1S/C18H26FN5O2/c1-10(2)22-17(25)15-7-11(20)9-24(15)18(26)13-8-21-23-16(13)12-5-3-4-6-14(12)19/h3-6,10-11,13,15-16,21,23H,7-9,20H2,1-2H3,(H,22,25)/t11-,13?,15-,16?/m0/s1. The van der Waals surface area contributed by atoms with Gasteiger partial charge in [-0.3, -0.25) is 15.0 Å². The summed E-state index contributed by atoms with van der Waals surface area (Å²) < 4.78 is 14.2. The fourth-order valence-electron chi connectivity index (χ4n) is 3.70. The van der Waals surface area contributed by atoms with Gasteiger partial charge >= 0.3 is 0 Å². The molecule has 0 aromatic heterocycles. The smallest absolute Gasteiger partial charge is 0.243 e. The summed E-state index contributed by atoms with van der Waals surface area (Å²) in [6, 6.07) is 5.07. The average molecular weight is 363 g/mol. The summed E-state index contributed by atoms with van der Waals surface area (Å²) in [5.41, 5.74) is 12.4. The van der Waals surface area contributed by atoms with Gasteiger partial charge in [-0.05, 0) is 26.3 Å². The van der Waals surface area contributed by atoms with Crippen LogP contribution in [0.15, 0.2) is 24.3 Å². The molecule has 0 aliphatic carbocycles. The van der Waals surface area contributed by atoms with Crippen LogP contribution < -0.4 is 21.9 Å². The van der Waals surface area contributed by atoms with E-state index < -0.39 is 18.0 Å². The van der Waals surface area contributed by atoms with Crippen LogP contribution in [0.1, 0.15) is 31.9 Å². The molecule has 1 aromatic rings. The van der Waals surface area contributed by atoms with Crippen molar-refractivity contribution in [1.29, 1.82) is 0 Å². The van der Waals surface area contributed by atoms with Gasteiger partial charge in [0, 0.05) is 30.7 Å². The molecule has 0 radical (unpaired) electrons. The molecule has 7 nitrogen and oxygen atoms in total. The second-order valence-corrected chi connectivity index (χ2v) is 7.30. The van der Waals surface area contributed by atoms with E-state index in [1.807, 2.05) is 13.8 Å². The van der Waals surface area contributed by atoms with Gasteiger partial charge in [-0.1, -0.05) is 18.2 Å². The minimum absolute atomic E-state index is 0.0164. The summed E-state index contributed by atoms with van der Waals surface area (Å²) in [6.45, 7) is 4.44. The molecule has 26 heavy (non-hydrogen) atoms. The molecular formula is C18H26FN5O2. The molecule has 142 valence electrons. The van der Waals surface area contributed by atoms with Crippen molar-refractivity contribution in [3.8, 4) is 0 Å². The van der Waals surface area contributed by atoms with E-state index in [0.717, 1.165) is 0 Å². The lowest BCUT2D eigenvalue weighted by Gasteiger charge is -2.29. The monoisotopic (exact) mass is 363 g/mol. The van der Waals surface area contributed by atoms with Crippen molar-refractivity contribution >= 4 is 11.8 Å². The Kier molecular flexibility index (Phi) is 5.55. The molecule has 5 N–H and O–H groups in total. The number of likely N-dealkylation sites (tertiary alicyclic amines) is 1. The minimum atomic E-state index is -0.582. The number of hydrogen-bond acceptors (Lipinski definition) is 5. The fraction of sp³-hybridized carbons (Fsp3) is 0.556. The van der Waals surface area contributed by atoms with E-state index in [1.54, 1.807) is 23.1 Å². The predicted octanol–water partition coefficient (Wildman–Crippen LogP) is 0.0436. The first kappa shape index (κ1) is 18.8. The molecule has 2 fully saturated rings. The Morgan fingerprint density at radius 2 is 2.08 bits per heavy atom. The lowest BCUT2D eigenvalue weighted by Crippen LogP contribution is -2.50. The minimum Gasteiger partial charge on any atom is -0.352 e. The van der Waals surface area contributed by atoms with Crippen LogP contribution in [0.25, 0.3) is 0 Å². The zero-order chi connectivity index (χ0) is 18.8. The highest BCUT2D eigenvalue weighted by atomic mass is 19.1. The third-order valence-corrected chi connectivity index (χ3v) is 4.89. The van der Waals surface area contributed by atoms with Crippen LogP contribution in [-0.2, 0) is 9.59 Å². The first-order valence-corrected chi connectivity index (χ1v) is 8.97. The van der Waals surface area contributed by atoms with Crippen LogP contribution in [-0.4, -0.2) is 47.9 Å². The van der Waals surface area contributed by atoms with Gasteiger partial charge in [0.2, 0.25) is 11.8 Å². The maximum absolute atomic E-state index is 14.2. The first-order valence-electron chi connectivity index (χ1n) is 8.97. The number of rotatable bonds is 4. The van der Waals surface area contributed by atoms with E-state index in [-0.39, 0.29) is 29.7 Å². The van der Waals surface area contributed by atoms with Gasteiger partial charge in [0.25, 0.3) is 0 Å². The van der Waals surface area contributed by atoms with Crippen LogP contribution in [0.4, 0.5) is 4.39 Å². The number of benzene rings is 1. The third kappa shape index (κ3) is 3.72. The summed E-state index contributed by atoms with van der Waals surface area (Å²) >= 11 is 0. The summed E-state index contributed by atoms with van der Waals surface area (Å²) in [6.07, 6.45) is 0.433. The second kappa shape index (κ2) is 7.69. The van der Waals surface area contributed by atoms with Crippen molar-refractivity contribution < 1.29 is 14.0 Å². The number of nitrogens with zero attached hydrogens (tertiary/aromatic N) is 1. The van der Waals surface area contributed by atoms with Crippen molar-refractivity contribution in [3.05, 3.63) is 35.6 Å². The van der Waals surface area contributed by atoms with E-state index in [9.17, 15) is 14.0 Å². The molecule has 4 atom stereocenters. The Hall–Kier alpha value is -2.03. The number of nitrogens with one attached hydrogen (secondary N) is 3. The molecule has 3 rings (SSSR count). The lowest BCUT2D eigenvalue weighted by atomic mass is 9.93. The number of halogens is 1. The van der Waals surface area contributed by atoms with Crippen LogP contribution in [0.2, 0.25) is 0 Å². The van der Waals surface area contributed by atoms with Gasteiger partial charge < -0.3 is 16.0 Å². The maximum Gasteiger partial charge on any atom is 0.243 e. The van der Waals surface area contributed by atoms with Crippen LogP contribution >= 0.6 is 0 Å². The van der Waals surface area contributed by atoms with E-state index in [0.29, 0.717) is 25.1 Å². The van der Waals surface area contributed by atoms with Crippen molar-refractivity contribution in [2.45, 2.75) is 44.4 Å². The Morgan fingerprint density at radius 1 is 1.35 bits per heavy atom. The molecule has 2 amide bonds. The Bertz CT molecular complexity index is 683. The van der Waals surface area contributed by atoms with Crippen LogP contribution in [0.3, 0.4) is 0 Å². The van der Waals surface area contributed by atoms with Gasteiger partial charge in [0.05, 0.1) is 12.0 Å². The molecule has 2 heterocycles. The maximum atomic E-state index is 14.2. The van der Waals surface area contributed by atoms with Gasteiger partial charge in [-0.2, -0.15) is 0 Å². The molecular weight excluding hydrogens is 337 g/mol. The van der Waals surface area contributed by atoms with Gasteiger partial charge in [-0.25, -0.2) is 9.82 Å². The molecule has 0 spiro atoms. The predicted molar refractivity (Wildman–Crippen MR) is 95.1 cm³/mol. The Labute approximate surface area is 152 Å². The van der Waals surface area contributed by atoms with Gasteiger partial charge in [-0.15, -0.1) is 0 Å². The largest absolute Gasteiger partial charge is 0.352 e. The van der Waals surface area contributed by atoms with E-state index in [1.165, 1.54) is 6.07 Å². The molecule has 8 heteroatoms. The topological polar surface area (TPSA) is 99.5 Å². The molecule has 0 saturated carbocycles. The molecule has 2 aliphatic heterocycles. The van der Waals surface area contributed by atoms with Crippen molar-refractivity contribution in [3.63, 3.8) is 0 Å². The normalized spacial score (nSPS) is 28.6. The van der Waals surface area contributed by atoms with Crippen molar-refractivity contribution in [1.82, 2.24) is 21.1 Å². The Balaban J connectivity index is 1.80. The number of hydrazine groups is 1.